The molecule has 4 heteroatoms. The molecule has 14 heavy (non-hydrogen) atoms. The molecule has 1 atom stereocenters. The Bertz CT molecular complexity index is 271. The molecule has 2 nitrogen and oxygen atoms in total. The van der Waals surface area contributed by atoms with Gasteiger partial charge in [-0.25, -0.2) is 0 Å². The third-order valence-corrected chi connectivity index (χ3v) is 4.07. The maximum atomic E-state index is 6.09. The summed E-state index contributed by atoms with van der Waals surface area (Å²) < 4.78 is 0. The third-order valence-electron chi connectivity index (χ3n) is 2.63. The lowest BCUT2D eigenvalue weighted by molar-refractivity contribution is 0.350. The van der Waals surface area contributed by atoms with E-state index in [1.54, 1.807) is 11.3 Å². The minimum atomic E-state index is 0.192. The fourth-order valence-corrected chi connectivity index (χ4v) is 3.04. The van der Waals surface area contributed by atoms with Crippen LogP contribution in [0, 0.1) is 5.92 Å². The molecule has 0 bridgehead atoms. The highest BCUT2D eigenvalue weighted by atomic mass is 35.5. The van der Waals surface area contributed by atoms with Crippen LogP contribution in [0.15, 0.2) is 11.4 Å². The fourth-order valence-electron chi connectivity index (χ4n) is 1.71. The van der Waals surface area contributed by atoms with Crippen LogP contribution in [-0.2, 0) is 0 Å². The van der Waals surface area contributed by atoms with Gasteiger partial charge in [-0.1, -0.05) is 38.3 Å². The van der Waals surface area contributed by atoms with E-state index in [0.29, 0.717) is 5.92 Å². The Labute approximate surface area is 94.4 Å². The van der Waals surface area contributed by atoms with Crippen LogP contribution >= 0.6 is 22.9 Å². The van der Waals surface area contributed by atoms with Crippen LogP contribution in [-0.4, -0.2) is 0 Å². The van der Waals surface area contributed by atoms with Crippen molar-refractivity contribution in [2.24, 2.45) is 11.8 Å². The molecule has 0 aromatic carbocycles. The number of nitrogens with two attached hydrogens (primary N) is 1. The molecule has 0 saturated heterocycles. The number of nitrogens with one attached hydrogen (secondary N) is 1. The Morgan fingerprint density at radius 2 is 2.14 bits per heavy atom. The highest BCUT2D eigenvalue weighted by Gasteiger charge is 2.22. The van der Waals surface area contributed by atoms with E-state index in [1.165, 1.54) is 0 Å². The number of thiophene rings is 1. The van der Waals surface area contributed by atoms with E-state index >= 15 is 0 Å². The Morgan fingerprint density at radius 3 is 2.50 bits per heavy atom. The van der Waals surface area contributed by atoms with Crippen molar-refractivity contribution in [3.8, 4) is 0 Å². The molecular formula is C10H17ClN2S. The third kappa shape index (κ3) is 2.48. The summed E-state index contributed by atoms with van der Waals surface area (Å²) >= 11 is 7.75. The van der Waals surface area contributed by atoms with Crippen LogP contribution in [0.5, 0.6) is 0 Å². The predicted molar refractivity (Wildman–Crippen MR) is 63.5 cm³/mol. The summed E-state index contributed by atoms with van der Waals surface area (Å²) in [5.41, 5.74) is 2.87. The second-order valence-electron chi connectivity index (χ2n) is 3.35. The van der Waals surface area contributed by atoms with Crippen molar-refractivity contribution < 1.29 is 0 Å². The van der Waals surface area contributed by atoms with Gasteiger partial charge < -0.3 is 0 Å². The molecule has 0 amide bonds. The van der Waals surface area contributed by atoms with Crippen LogP contribution in [0.2, 0.25) is 5.02 Å². The van der Waals surface area contributed by atoms with Crippen LogP contribution in [0.1, 0.15) is 37.6 Å². The smallest absolute Gasteiger partial charge is 0.0596 e. The van der Waals surface area contributed by atoms with Crippen molar-refractivity contribution in [3.63, 3.8) is 0 Å². The zero-order valence-corrected chi connectivity index (χ0v) is 10.2. The van der Waals surface area contributed by atoms with Gasteiger partial charge in [0.2, 0.25) is 0 Å². The van der Waals surface area contributed by atoms with Crippen LogP contribution in [0.4, 0.5) is 0 Å². The van der Waals surface area contributed by atoms with Crippen molar-refractivity contribution in [2.45, 2.75) is 32.7 Å². The van der Waals surface area contributed by atoms with E-state index in [1.807, 2.05) is 11.4 Å². The molecule has 1 aromatic heterocycles. The van der Waals surface area contributed by atoms with E-state index in [-0.39, 0.29) is 6.04 Å². The van der Waals surface area contributed by atoms with Gasteiger partial charge in [-0.05, 0) is 17.4 Å². The van der Waals surface area contributed by atoms with Gasteiger partial charge in [-0.2, -0.15) is 0 Å². The Hall–Kier alpha value is -0.0900. The summed E-state index contributed by atoms with van der Waals surface area (Å²) in [4.78, 5) is 1.16. The van der Waals surface area contributed by atoms with E-state index < -0.39 is 0 Å². The lowest BCUT2D eigenvalue weighted by atomic mass is 9.93. The predicted octanol–water partition coefficient (Wildman–Crippen LogP) is 3.34. The minimum absolute atomic E-state index is 0.192. The first-order valence-electron chi connectivity index (χ1n) is 4.93. The minimum Gasteiger partial charge on any atom is -0.271 e. The molecule has 0 radical (unpaired) electrons. The van der Waals surface area contributed by atoms with Crippen molar-refractivity contribution in [1.29, 1.82) is 0 Å². The first kappa shape index (κ1) is 12.0. The molecule has 0 aliphatic rings. The topological polar surface area (TPSA) is 38.0 Å². The van der Waals surface area contributed by atoms with Crippen molar-refractivity contribution in [1.82, 2.24) is 5.43 Å². The molecule has 0 aliphatic heterocycles. The van der Waals surface area contributed by atoms with Crippen LogP contribution < -0.4 is 11.3 Å². The largest absolute Gasteiger partial charge is 0.271 e. The number of hydrogen-bond acceptors (Lipinski definition) is 3. The van der Waals surface area contributed by atoms with Gasteiger partial charge in [0.25, 0.3) is 0 Å². The summed E-state index contributed by atoms with van der Waals surface area (Å²) in [5.74, 6) is 6.13. The van der Waals surface area contributed by atoms with Crippen LogP contribution in [0.3, 0.4) is 0 Å². The van der Waals surface area contributed by atoms with Crippen molar-refractivity contribution in [2.75, 3.05) is 0 Å². The second kappa shape index (κ2) is 5.71. The molecule has 0 spiro atoms. The molecule has 0 saturated carbocycles. The number of hydrogen-bond donors (Lipinski definition) is 2. The average Bonchev–Trinajstić information content (AvgIpc) is 2.61. The number of rotatable bonds is 5. The Balaban J connectivity index is 2.86. The molecule has 1 unspecified atom stereocenters. The van der Waals surface area contributed by atoms with Crippen molar-refractivity contribution in [3.05, 3.63) is 21.3 Å². The number of halogens is 1. The maximum absolute atomic E-state index is 6.09. The summed E-state index contributed by atoms with van der Waals surface area (Å²) in [6.45, 7) is 4.36. The highest BCUT2D eigenvalue weighted by molar-refractivity contribution is 7.10. The molecule has 0 aliphatic carbocycles. The van der Waals surface area contributed by atoms with Crippen LogP contribution in [0.25, 0.3) is 0 Å². The lowest BCUT2D eigenvalue weighted by Gasteiger charge is -2.23. The molecule has 1 rings (SSSR count). The molecule has 0 fully saturated rings. The molecule has 80 valence electrons. The first-order chi connectivity index (χ1) is 6.74. The second-order valence-corrected chi connectivity index (χ2v) is 4.71. The maximum Gasteiger partial charge on any atom is 0.0596 e. The summed E-state index contributed by atoms with van der Waals surface area (Å²) in [7, 11) is 0. The molecular weight excluding hydrogens is 216 g/mol. The molecule has 1 heterocycles. The van der Waals surface area contributed by atoms with Gasteiger partial charge in [0.05, 0.1) is 11.1 Å². The normalized spacial score (nSPS) is 13.5. The quantitative estimate of drug-likeness (QED) is 0.604. The summed E-state index contributed by atoms with van der Waals surface area (Å²) in [6, 6.07) is 2.12. The van der Waals surface area contributed by atoms with Gasteiger partial charge in [0.1, 0.15) is 0 Å². The summed E-state index contributed by atoms with van der Waals surface area (Å²) in [6.07, 6.45) is 2.22. The molecule has 3 N–H and O–H groups in total. The monoisotopic (exact) mass is 232 g/mol. The van der Waals surface area contributed by atoms with E-state index in [0.717, 1.165) is 22.7 Å². The van der Waals surface area contributed by atoms with E-state index in [2.05, 4.69) is 19.3 Å². The summed E-state index contributed by atoms with van der Waals surface area (Å²) in [5, 5.41) is 2.83. The zero-order chi connectivity index (χ0) is 10.6. The van der Waals surface area contributed by atoms with Gasteiger partial charge >= 0.3 is 0 Å². The SMILES string of the molecule is CCC(CC)C(NN)c1sccc1Cl. The van der Waals surface area contributed by atoms with E-state index in [9.17, 15) is 0 Å². The van der Waals surface area contributed by atoms with Gasteiger partial charge in [-0.15, -0.1) is 11.3 Å². The Morgan fingerprint density at radius 1 is 1.50 bits per heavy atom. The number of hydrazine groups is 1. The average molecular weight is 233 g/mol. The first-order valence-corrected chi connectivity index (χ1v) is 6.19. The van der Waals surface area contributed by atoms with Gasteiger partial charge in [-0.3, -0.25) is 11.3 Å². The van der Waals surface area contributed by atoms with Crippen molar-refractivity contribution >= 4 is 22.9 Å². The standard InChI is InChI=1S/C10H17ClN2S/c1-3-7(4-2)9(13-12)10-8(11)5-6-14-10/h5-7,9,13H,3-4,12H2,1-2H3. The van der Waals surface area contributed by atoms with Gasteiger partial charge in [0.15, 0.2) is 0 Å². The highest BCUT2D eigenvalue weighted by Crippen LogP contribution is 2.34. The molecule has 1 aromatic rings. The lowest BCUT2D eigenvalue weighted by Crippen LogP contribution is -2.32. The fraction of sp³-hybridized carbons (Fsp3) is 0.600. The zero-order valence-electron chi connectivity index (χ0n) is 8.59. The van der Waals surface area contributed by atoms with E-state index in [4.69, 9.17) is 17.4 Å². The Kier molecular flexibility index (Phi) is 4.89. The van der Waals surface area contributed by atoms with Gasteiger partial charge in [0, 0.05) is 4.88 Å².